The Bertz CT molecular complexity index is 697. The molecule has 1 saturated heterocycles. The number of carbonyl (C=O) groups excluding carboxylic acids is 2. The average Bonchev–Trinajstić information content (AvgIpc) is 2.60. The maximum absolute atomic E-state index is 12.6. The smallest absolute Gasteiger partial charge is 0.410 e. The highest BCUT2D eigenvalue weighted by Crippen LogP contribution is 2.21. The fourth-order valence-electron chi connectivity index (χ4n) is 2.85. The minimum absolute atomic E-state index is 0.0676. The molecule has 1 fully saturated rings. The summed E-state index contributed by atoms with van der Waals surface area (Å²) in [4.78, 5) is 30.9. The summed E-state index contributed by atoms with van der Waals surface area (Å²) >= 11 is 0. The summed E-state index contributed by atoms with van der Waals surface area (Å²) in [5.41, 5.74) is 8.92. The second kappa shape index (κ2) is 8.10. The van der Waals surface area contributed by atoms with E-state index < -0.39 is 5.60 Å². The van der Waals surface area contributed by atoms with Crippen molar-refractivity contribution in [1.82, 2.24) is 9.80 Å². The number of rotatable bonds is 3. The van der Waals surface area contributed by atoms with Gasteiger partial charge in [-0.3, -0.25) is 4.79 Å². The molecule has 0 N–H and O–H groups in total. The van der Waals surface area contributed by atoms with E-state index in [-0.39, 0.29) is 18.0 Å². The number of carbonyl (C=O) groups is 2. The van der Waals surface area contributed by atoms with Gasteiger partial charge >= 0.3 is 6.09 Å². The lowest BCUT2D eigenvalue weighted by molar-refractivity contribution is 0.0160. The number of benzene rings is 1. The van der Waals surface area contributed by atoms with Gasteiger partial charge in [0.05, 0.1) is 0 Å². The van der Waals surface area contributed by atoms with Crippen LogP contribution in [0.2, 0.25) is 0 Å². The van der Waals surface area contributed by atoms with Gasteiger partial charge in [-0.1, -0.05) is 17.2 Å². The van der Waals surface area contributed by atoms with Gasteiger partial charge in [0.1, 0.15) is 5.60 Å². The number of piperidine rings is 1. The van der Waals surface area contributed by atoms with Gasteiger partial charge in [-0.05, 0) is 51.3 Å². The number of azide groups is 1. The molecule has 1 aliphatic heterocycles. The molecule has 0 spiro atoms. The van der Waals surface area contributed by atoms with E-state index in [0.717, 1.165) is 0 Å². The topological polar surface area (TPSA) is 98.6 Å². The zero-order valence-electron chi connectivity index (χ0n) is 15.7. The first-order chi connectivity index (χ1) is 12.2. The van der Waals surface area contributed by atoms with Crippen LogP contribution >= 0.6 is 0 Å². The van der Waals surface area contributed by atoms with Crippen LogP contribution in [-0.4, -0.2) is 53.6 Å². The van der Waals surface area contributed by atoms with Crippen LogP contribution in [-0.2, 0) is 4.74 Å². The molecular weight excluding hydrogens is 334 g/mol. The summed E-state index contributed by atoms with van der Waals surface area (Å²) in [6, 6.07) is 6.60. The Kier molecular flexibility index (Phi) is 6.10. The van der Waals surface area contributed by atoms with Gasteiger partial charge in [-0.15, -0.1) is 0 Å². The van der Waals surface area contributed by atoms with Crippen molar-refractivity contribution in [1.29, 1.82) is 0 Å². The Hall–Kier alpha value is -2.73. The number of hydrogen-bond acceptors (Lipinski definition) is 4. The Morgan fingerprint density at radius 1 is 1.23 bits per heavy atom. The SMILES string of the molecule is CN(C(=O)c1ccc(N=[N+]=[N-])cc1)C1CCN(C(=O)OC(C)(C)C)CC1. The predicted molar refractivity (Wildman–Crippen MR) is 98.2 cm³/mol. The van der Waals surface area contributed by atoms with Crippen LogP contribution in [0.3, 0.4) is 0 Å². The molecular formula is C18H25N5O3. The number of amides is 2. The first-order valence-corrected chi connectivity index (χ1v) is 8.61. The van der Waals surface area contributed by atoms with Crippen LogP contribution in [0.25, 0.3) is 10.4 Å². The standard InChI is InChI=1S/C18H25N5O3/c1-18(2,3)26-17(25)23-11-9-15(10-12-23)22(4)16(24)13-5-7-14(8-6-13)20-21-19/h5-8,15H,9-12H2,1-4H3. The molecule has 0 aromatic heterocycles. The van der Waals surface area contributed by atoms with E-state index in [2.05, 4.69) is 10.0 Å². The van der Waals surface area contributed by atoms with E-state index in [0.29, 0.717) is 37.2 Å². The molecule has 0 aliphatic carbocycles. The van der Waals surface area contributed by atoms with E-state index in [4.69, 9.17) is 10.3 Å². The number of hydrogen-bond donors (Lipinski definition) is 0. The van der Waals surface area contributed by atoms with Crippen molar-refractivity contribution in [3.05, 3.63) is 40.3 Å². The highest BCUT2D eigenvalue weighted by atomic mass is 16.6. The minimum atomic E-state index is -0.511. The molecule has 140 valence electrons. The third-order valence-electron chi connectivity index (χ3n) is 4.26. The van der Waals surface area contributed by atoms with Crippen LogP contribution in [0.15, 0.2) is 29.4 Å². The lowest BCUT2D eigenvalue weighted by Gasteiger charge is -2.37. The maximum Gasteiger partial charge on any atom is 0.410 e. The normalized spacial score (nSPS) is 15.2. The Morgan fingerprint density at radius 2 is 1.81 bits per heavy atom. The van der Waals surface area contributed by atoms with Crippen molar-refractivity contribution in [2.75, 3.05) is 20.1 Å². The van der Waals surface area contributed by atoms with Gasteiger partial charge in [-0.25, -0.2) is 4.79 Å². The first kappa shape index (κ1) is 19.6. The molecule has 1 aromatic rings. The second-order valence-electron chi connectivity index (χ2n) is 7.35. The van der Waals surface area contributed by atoms with Crippen LogP contribution in [0.4, 0.5) is 10.5 Å². The third-order valence-corrected chi connectivity index (χ3v) is 4.26. The molecule has 8 heteroatoms. The molecule has 1 aromatic carbocycles. The molecule has 2 rings (SSSR count). The van der Waals surface area contributed by atoms with Crippen LogP contribution in [0, 0.1) is 0 Å². The fourth-order valence-corrected chi connectivity index (χ4v) is 2.85. The third kappa shape index (κ3) is 5.13. The molecule has 26 heavy (non-hydrogen) atoms. The fraction of sp³-hybridized carbons (Fsp3) is 0.556. The van der Waals surface area contributed by atoms with Crippen molar-refractivity contribution in [3.8, 4) is 0 Å². The van der Waals surface area contributed by atoms with Crippen LogP contribution < -0.4 is 0 Å². The van der Waals surface area contributed by atoms with Crippen molar-refractivity contribution < 1.29 is 14.3 Å². The summed E-state index contributed by atoms with van der Waals surface area (Å²) in [6.45, 7) is 6.66. The predicted octanol–water partition coefficient (Wildman–Crippen LogP) is 4.10. The molecule has 1 aliphatic rings. The average molecular weight is 359 g/mol. The number of nitrogens with zero attached hydrogens (tertiary/aromatic N) is 5. The van der Waals surface area contributed by atoms with Gasteiger partial charge in [0.2, 0.25) is 0 Å². The first-order valence-electron chi connectivity index (χ1n) is 8.61. The molecule has 0 saturated carbocycles. The molecule has 1 heterocycles. The minimum Gasteiger partial charge on any atom is -0.444 e. The van der Waals surface area contributed by atoms with E-state index >= 15 is 0 Å². The van der Waals surface area contributed by atoms with Gasteiger partial charge in [-0.2, -0.15) is 0 Å². The molecule has 8 nitrogen and oxygen atoms in total. The lowest BCUT2D eigenvalue weighted by Crippen LogP contribution is -2.48. The van der Waals surface area contributed by atoms with E-state index in [9.17, 15) is 9.59 Å². The summed E-state index contributed by atoms with van der Waals surface area (Å²) in [5.74, 6) is -0.0896. The summed E-state index contributed by atoms with van der Waals surface area (Å²) in [6.07, 6.45) is 1.11. The molecule has 0 unspecified atom stereocenters. The van der Waals surface area contributed by atoms with Crippen molar-refractivity contribution >= 4 is 17.7 Å². The zero-order chi connectivity index (χ0) is 19.3. The molecule has 0 radical (unpaired) electrons. The van der Waals surface area contributed by atoms with Crippen molar-refractivity contribution in [2.45, 2.75) is 45.3 Å². The largest absolute Gasteiger partial charge is 0.444 e. The summed E-state index contributed by atoms with van der Waals surface area (Å²) in [7, 11) is 1.78. The van der Waals surface area contributed by atoms with Gasteiger partial charge in [0, 0.05) is 42.3 Å². The van der Waals surface area contributed by atoms with E-state index in [1.165, 1.54) is 0 Å². The van der Waals surface area contributed by atoms with Gasteiger partial charge in [0.15, 0.2) is 0 Å². The Balaban J connectivity index is 1.93. The highest BCUT2D eigenvalue weighted by Gasteiger charge is 2.30. The Labute approximate surface area is 153 Å². The van der Waals surface area contributed by atoms with Gasteiger partial charge < -0.3 is 14.5 Å². The van der Waals surface area contributed by atoms with Crippen LogP contribution in [0.1, 0.15) is 44.0 Å². The van der Waals surface area contributed by atoms with Crippen LogP contribution in [0.5, 0.6) is 0 Å². The van der Waals surface area contributed by atoms with Gasteiger partial charge in [0.25, 0.3) is 5.91 Å². The maximum atomic E-state index is 12.6. The summed E-state index contributed by atoms with van der Waals surface area (Å²) in [5, 5.41) is 3.50. The number of likely N-dealkylation sites (tertiary alicyclic amines) is 1. The quantitative estimate of drug-likeness (QED) is 0.461. The summed E-state index contributed by atoms with van der Waals surface area (Å²) < 4.78 is 5.39. The van der Waals surface area contributed by atoms with Crippen molar-refractivity contribution in [3.63, 3.8) is 0 Å². The molecule has 0 atom stereocenters. The molecule has 2 amide bonds. The number of ether oxygens (including phenoxy) is 1. The zero-order valence-corrected chi connectivity index (χ0v) is 15.7. The van der Waals surface area contributed by atoms with E-state index in [1.54, 1.807) is 41.1 Å². The van der Waals surface area contributed by atoms with Crippen molar-refractivity contribution in [2.24, 2.45) is 5.11 Å². The Morgan fingerprint density at radius 3 is 2.31 bits per heavy atom. The second-order valence-corrected chi connectivity index (χ2v) is 7.35. The highest BCUT2D eigenvalue weighted by molar-refractivity contribution is 5.94. The lowest BCUT2D eigenvalue weighted by atomic mass is 10.0. The monoisotopic (exact) mass is 359 g/mol. The molecule has 0 bridgehead atoms. The van der Waals surface area contributed by atoms with E-state index in [1.807, 2.05) is 20.8 Å².